The zero-order valence-corrected chi connectivity index (χ0v) is 14.2. The molecule has 1 amide bonds. The van der Waals surface area contributed by atoms with E-state index in [1.54, 1.807) is 7.11 Å². The molecule has 1 aliphatic heterocycles. The van der Waals surface area contributed by atoms with Crippen molar-refractivity contribution in [3.8, 4) is 5.75 Å². The number of nitrogens with one attached hydrogen (secondary N) is 2. The summed E-state index contributed by atoms with van der Waals surface area (Å²) in [5.41, 5.74) is 1.27. The second kappa shape index (κ2) is 9.70. The minimum Gasteiger partial charge on any atom is -0.497 e. The van der Waals surface area contributed by atoms with Gasteiger partial charge >= 0.3 is 0 Å². The van der Waals surface area contributed by atoms with Crippen LogP contribution in [0.25, 0.3) is 0 Å². The molecule has 1 fully saturated rings. The van der Waals surface area contributed by atoms with Gasteiger partial charge in [0.2, 0.25) is 5.91 Å². The topological polar surface area (TPSA) is 50.4 Å². The van der Waals surface area contributed by atoms with Crippen LogP contribution in [0.5, 0.6) is 5.75 Å². The van der Waals surface area contributed by atoms with E-state index in [-0.39, 0.29) is 30.3 Å². The summed E-state index contributed by atoms with van der Waals surface area (Å²) in [4.78, 5) is 12.1. The van der Waals surface area contributed by atoms with Crippen LogP contribution in [0.2, 0.25) is 0 Å². The van der Waals surface area contributed by atoms with Crippen molar-refractivity contribution in [2.24, 2.45) is 5.92 Å². The van der Waals surface area contributed by atoms with Crippen molar-refractivity contribution in [2.75, 3.05) is 20.2 Å². The standard InChI is InChI=1S/C17H26N2O2.ClH/c1-13(19-17(20)15-4-3-11-18-12-15)5-6-14-7-9-16(21-2)10-8-14;/h7-10,13,15,18H,3-6,11-12H2,1-2H3,(H,19,20);1H. The summed E-state index contributed by atoms with van der Waals surface area (Å²) in [7, 11) is 1.67. The van der Waals surface area contributed by atoms with Crippen LogP contribution in [0.4, 0.5) is 0 Å². The second-order valence-electron chi connectivity index (χ2n) is 5.84. The van der Waals surface area contributed by atoms with E-state index >= 15 is 0 Å². The van der Waals surface area contributed by atoms with Crippen LogP contribution >= 0.6 is 12.4 Å². The van der Waals surface area contributed by atoms with Gasteiger partial charge in [-0.3, -0.25) is 4.79 Å². The molecular formula is C17H27ClN2O2. The van der Waals surface area contributed by atoms with Gasteiger partial charge in [-0.15, -0.1) is 12.4 Å². The first kappa shape index (κ1) is 18.8. The number of ether oxygens (including phenoxy) is 1. The van der Waals surface area contributed by atoms with E-state index in [9.17, 15) is 4.79 Å². The molecule has 1 heterocycles. The van der Waals surface area contributed by atoms with Crippen molar-refractivity contribution in [1.82, 2.24) is 10.6 Å². The average molecular weight is 327 g/mol. The largest absolute Gasteiger partial charge is 0.497 e. The number of methoxy groups -OCH3 is 1. The molecule has 4 nitrogen and oxygen atoms in total. The molecule has 1 saturated heterocycles. The number of hydrogen-bond donors (Lipinski definition) is 2. The molecule has 2 rings (SSSR count). The molecule has 22 heavy (non-hydrogen) atoms. The van der Waals surface area contributed by atoms with Gasteiger partial charge in [-0.2, -0.15) is 0 Å². The Bertz CT molecular complexity index is 444. The molecule has 0 spiro atoms. The number of aryl methyl sites for hydroxylation is 1. The minimum absolute atomic E-state index is 0. The molecule has 0 aromatic heterocycles. The molecule has 0 aliphatic carbocycles. The van der Waals surface area contributed by atoms with Crippen LogP contribution in [-0.2, 0) is 11.2 Å². The lowest BCUT2D eigenvalue weighted by atomic mass is 9.98. The maximum Gasteiger partial charge on any atom is 0.224 e. The molecule has 124 valence electrons. The number of amides is 1. The Morgan fingerprint density at radius 1 is 1.41 bits per heavy atom. The zero-order valence-electron chi connectivity index (χ0n) is 13.4. The molecule has 1 aliphatic rings. The van der Waals surface area contributed by atoms with E-state index < -0.39 is 0 Å². The lowest BCUT2D eigenvalue weighted by molar-refractivity contribution is -0.126. The number of rotatable bonds is 6. The Morgan fingerprint density at radius 3 is 2.73 bits per heavy atom. The maximum atomic E-state index is 12.1. The van der Waals surface area contributed by atoms with Crippen molar-refractivity contribution in [3.63, 3.8) is 0 Å². The van der Waals surface area contributed by atoms with Gasteiger partial charge in [0, 0.05) is 12.6 Å². The van der Waals surface area contributed by atoms with Crippen LogP contribution in [0.3, 0.4) is 0 Å². The Morgan fingerprint density at radius 2 is 2.14 bits per heavy atom. The normalized spacial score (nSPS) is 18.9. The van der Waals surface area contributed by atoms with Gasteiger partial charge in [-0.05, 0) is 56.8 Å². The van der Waals surface area contributed by atoms with Crippen LogP contribution in [0.15, 0.2) is 24.3 Å². The number of hydrogen-bond acceptors (Lipinski definition) is 3. The molecule has 2 N–H and O–H groups in total. The molecule has 2 unspecified atom stereocenters. The highest BCUT2D eigenvalue weighted by molar-refractivity contribution is 5.85. The van der Waals surface area contributed by atoms with Crippen molar-refractivity contribution >= 4 is 18.3 Å². The van der Waals surface area contributed by atoms with Crippen molar-refractivity contribution in [2.45, 2.75) is 38.6 Å². The van der Waals surface area contributed by atoms with Gasteiger partial charge < -0.3 is 15.4 Å². The van der Waals surface area contributed by atoms with Crippen LogP contribution in [0, 0.1) is 5.92 Å². The van der Waals surface area contributed by atoms with Gasteiger partial charge in [0.25, 0.3) is 0 Å². The van der Waals surface area contributed by atoms with E-state index in [4.69, 9.17) is 4.74 Å². The van der Waals surface area contributed by atoms with Crippen LogP contribution in [-0.4, -0.2) is 32.1 Å². The maximum absolute atomic E-state index is 12.1. The highest BCUT2D eigenvalue weighted by atomic mass is 35.5. The quantitative estimate of drug-likeness (QED) is 0.844. The third-order valence-corrected chi connectivity index (χ3v) is 4.08. The molecule has 1 aromatic rings. The van der Waals surface area contributed by atoms with E-state index in [1.807, 2.05) is 12.1 Å². The summed E-state index contributed by atoms with van der Waals surface area (Å²) in [5, 5.41) is 6.42. The van der Waals surface area contributed by atoms with Gasteiger partial charge in [-0.25, -0.2) is 0 Å². The van der Waals surface area contributed by atoms with Gasteiger partial charge in [0.1, 0.15) is 5.75 Å². The average Bonchev–Trinajstić information content (AvgIpc) is 2.54. The zero-order chi connectivity index (χ0) is 15.1. The Balaban J connectivity index is 0.00000242. The van der Waals surface area contributed by atoms with E-state index in [0.717, 1.165) is 44.5 Å². The number of piperidine rings is 1. The monoisotopic (exact) mass is 326 g/mol. The molecule has 0 radical (unpaired) electrons. The first-order valence-electron chi connectivity index (χ1n) is 7.83. The fourth-order valence-corrected chi connectivity index (χ4v) is 2.68. The molecular weight excluding hydrogens is 300 g/mol. The van der Waals surface area contributed by atoms with Crippen LogP contribution in [0.1, 0.15) is 31.7 Å². The first-order chi connectivity index (χ1) is 10.2. The minimum atomic E-state index is 0. The summed E-state index contributed by atoms with van der Waals surface area (Å²) < 4.78 is 5.15. The third kappa shape index (κ3) is 5.85. The fraction of sp³-hybridized carbons (Fsp3) is 0.588. The summed E-state index contributed by atoms with van der Waals surface area (Å²) in [5.74, 6) is 1.22. The number of benzene rings is 1. The summed E-state index contributed by atoms with van der Waals surface area (Å²) in [6.07, 6.45) is 4.02. The predicted molar refractivity (Wildman–Crippen MR) is 91.8 cm³/mol. The summed E-state index contributed by atoms with van der Waals surface area (Å²) >= 11 is 0. The van der Waals surface area contributed by atoms with E-state index in [2.05, 4.69) is 29.7 Å². The molecule has 5 heteroatoms. The predicted octanol–water partition coefficient (Wildman–Crippen LogP) is 2.55. The van der Waals surface area contributed by atoms with E-state index in [0.29, 0.717) is 0 Å². The molecule has 0 saturated carbocycles. The number of carbonyl (C=O) groups is 1. The second-order valence-corrected chi connectivity index (χ2v) is 5.84. The summed E-state index contributed by atoms with van der Waals surface area (Å²) in [6, 6.07) is 8.33. The van der Waals surface area contributed by atoms with Gasteiger partial charge in [-0.1, -0.05) is 12.1 Å². The highest BCUT2D eigenvalue weighted by Crippen LogP contribution is 2.14. The lowest BCUT2D eigenvalue weighted by Crippen LogP contribution is -2.43. The van der Waals surface area contributed by atoms with E-state index in [1.165, 1.54) is 5.56 Å². The van der Waals surface area contributed by atoms with Crippen molar-refractivity contribution in [1.29, 1.82) is 0 Å². The van der Waals surface area contributed by atoms with Crippen LogP contribution < -0.4 is 15.4 Å². The number of carbonyl (C=O) groups excluding carboxylic acids is 1. The fourth-order valence-electron chi connectivity index (χ4n) is 2.68. The van der Waals surface area contributed by atoms with Crippen molar-refractivity contribution in [3.05, 3.63) is 29.8 Å². The SMILES string of the molecule is COc1ccc(CCC(C)NC(=O)C2CCCNC2)cc1.Cl. The molecule has 1 aromatic carbocycles. The Labute approximate surface area is 139 Å². The molecule has 2 atom stereocenters. The number of halogens is 1. The van der Waals surface area contributed by atoms with Crippen molar-refractivity contribution < 1.29 is 9.53 Å². The Kier molecular flexibility index (Phi) is 8.28. The van der Waals surface area contributed by atoms with Gasteiger partial charge in [0.15, 0.2) is 0 Å². The Hall–Kier alpha value is -1.26. The lowest BCUT2D eigenvalue weighted by Gasteiger charge is -2.24. The summed E-state index contributed by atoms with van der Waals surface area (Å²) in [6.45, 7) is 3.94. The third-order valence-electron chi connectivity index (χ3n) is 4.08. The smallest absolute Gasteiger partial charge is 0.224 e. The molecule has 0 bridgehead atoms. The first-order valence-corrected chi connectivity index (χ1v) is 7.83. The van der Waals surface area contributed by atoms with Gasteiger partial charge in [0.05, 0.1) is 13.0 Å². The highest BCUT2D eigenvalue weighted by Gasteiger charge is 2.21.